The summed E-state index contributed by atoms with van der Waals surface area (Å²) in [6.07, 6.45) is 0.346. The van der Waals surface area contributed by atoms with Crippen LogP contribution in [0.3, 0.4) is 0 Å². The van der Waals surface area contributed by atoms with Gasteiger partial charge in [0.2, 0.25) is 0 Å². The van der Waals surface area contributed by atoms with Crippen LogP contribution in [0, 0.1) is 0 Å². The summed E-state index contributed by atoms with van der Waals surface area (Å²) in [5, 5.41) is 13.2. The van der Waals surface area contributed by atoms with Gasteiger partial charge in [-0.2, -0.15) is 0 Å². The molecule has 0 aliphatic carbocycles. The average molecular weight is 468 g/mol. The van der Waals surface area contributed by atoms with Gasteiger partial charge in [0, 0.05) is 28.4 Å². The van der Waals surface area contributed by atoms with Crippen molar-refractivity contribution in [1.29, 1.82) is 0 Å². The molecule has 0 fully saturated rings. The Labute approximate surface area is 183 Å². The fourth-order valence-electron chi connectivity index (χ4n) is 4.00. The Hall–Kier alpha value is -2.70. The number of amides is 1. The number of aliphatic hydroxyl groups is 1. The van der Waals surface area contributed by atoms with Gasteiger partial charge in [-0.3, -0.25) is 9.59 Å². The second kappa shape index (κ2) is 8.20. The van der Waals surface area contributed by atoms with E-state index < -0.39 is 11.5 Å². The number of fused-ring (bicyclic) bond motifs is 2. The number of ether oxygens (including phenoxy) is 1. The number of ketones is 1. The van der Waals surface area contributed by atoms with Crippen molar-refractivity contribution in [3.8, 4) is 5.75 Å². The summed E-state index contributed by atoms with van der Waals surface area (Å²) in [7, 11) is 0. The second-order valence-corrected chi connectivity index (χ2v) is 8.45. The van der Waals surface area contributed by atoms with Gasteiger partial charge < -0.3 is 14.7 Å². The first-order valence-corrected chi connectivity index (χ1v) is 10.6. The fourth-order valence-corrected chi connectivity index (χ4v) is 4.36. The molecule has 1 atom stereocenters. The van der Waals surface area contributed by atoms with Crippen LogP contribution in [0.5, 0.6) is 5.75 Å². The van der Waals surface area contributed by atoms with E-state index in [9.17, 15) is 14.7 Å². The van der Waals surface area contributed by atoms with Crippen molar-refractivity contribution in [3.05, 3.63) is 70.7 Å². The van der Waals surface area contributed by atoms with Crippen molar-refractivity contribution >= 4 is 44.1 Å². The van der Waals surface area contributed by atoms with Gasteiger partial charge in [0.15, 0.2) is 5.60 Å². The molecule has 3 aromatic carbocycles. The number of hydrogen-bond donors (Lipinski definition) is 1. The number of nitrogens with zero attached hydrogens (tertiary/aromatic N) is 1. The van der Waals surface area contributed by atoms with Crippen molar-refractivity contribution in [3.63, 3.8) is 0 Å². The molecule has 30 heavy (non-hydrogen) atoms. The number of rotatable bonds is 7. The third kappa shape index (κ3) is 3.73. The maximum absolute atomic E-state index is 13.0. The van der Waals surface area contributed by atoms with Crippen molar-refractivity contribution in [1.82, 2.24) is 0 Å². The summed E-state index contributed by atoms with van der Waals surface area (Å²) in [5.74, 6) is 0.104. The monoisotopic (exact) mass is 467 g/mol. The number of Topliss-reactive ketones (excluding diaryl/α,β-unsaturated/α-hetero) is 1. The lowest BCUT2D eigenvalue weighted by molar-refractivity contribution is -0.141. The number of anilines is 1. The largest absolute Gasteiger partial charge is 0.493 e. The van der Waals surface area contributed by atoms with Crippen LogP contribution in [0.1, 0.15) is 25.3 Å². The average Bonchev–Trinajstić information content (AvgIpc) is 2.92. The van der Waals surface area contributed by atoms with Gasteiger partial charge in [-0.25, -0.2) is 0 Å². The molecule has 6 heteroatoms. The maximum Gasteiger partial charge on any atom is 0.264 e. The van der Waals surface area contributed by atoms with Crippen molar-refractivity contribution < 1.29 is 19.4 Å². The smallest absolute Gasteiger partial charge is 0.264 e. The standard InChI is InChI=1S/C24H22BrNO4/c1-16(27)15-24(29)20-14-18(25)10-11-21(20)26(23(24)28)12-5-13-30-22-9-4-7-17-6-2-3-8-19(17)22/h2-4,6-11,14,29H,5,12-13,15H2,1H3. The molecule has 0 aromatic heterocycles. The molecule has 5 nitrogen and oxygen atoms in total. The first-order chi connectivity index (χ1) is 14.4. The highest BCUT2D eigenvalue weighted by molar-refractivity contribution is 9.10. The van der Waals surface area contributed by atoms with Gasteiger partial charge >= 0.3 is 0 Å². The van der Waals surface area contributed by atoms with Crippen LogP contribution in [-0.2, 0) is 15.2 Å². The lowest BCUT2D eigenvalue weighted by atomic mass is 9.90. The molecule has 1 aliphatic rings. The van der Waals surface area contributed by atoms with Crippen LogP contribution in [-0.4, -0.2) is 29.9 Å². The Morgan fingerprint density at radius 1 is 1.13 bits per heavy atom. The highest BCUT2D eigenvalue weighted by Crippen LogP contribution is 2.43. The predicted molar refractivity (Wildman–Crippen MR) is 120 cm³/mol. The van der Waals surface area contributed by atoms with E-state index in [4.69, 9.17) is 4.74 Å². The summed E-state index contributed by atoms with van der Waals surface area (Å²) < 4.78 is 6.72. The lowest BCUT2D eigenvalue weighted by Gasteiger charge is -2.22. The Morgan fingerprint density at radius 2 is 1.90 bits per heavy atom. The van der Waals surface area contributed by atoms with Gasteiger partial charge in [0.05, 0.1) is 12.3 Å². The summed E-state index contributed by atoms with van der Waals surface area (Å²) in [6, 6.07) is 19.3. The van der Waals surface area contributed by atoms with E-state index in [-0.39, 0.29) is 12.2 Å². The van der Waals surface area contributed by atoms with Gasteiger partial charge in [0.1, 0.15) is 11.5 Å². The first-order valence-electron chi connectivity index (χ1n) is 9.84. The van der Waals surface area contributed by atoms with Crippen LogP contribution < -0.4 is 9.64 Å². The molecule has 1 N–H and O–H groups in total. The van der Waals surface area contributed by atoms with Crippen molar-refractivity contribution in [2.75, 3.05) is 18.1 Å². The molecule has 3 aromatic rings. The number of carbonyl (C=O) groups is 2. The van der Waals surface area contributed by atoms with E-state index in [0.29, 0.717) is 30.8 Å². The van der Waals surface area contributed by atoms with E-state index >= 15 is 0 Å². The molecule has 1 aliphatic heterocycles. The topological polar surface area (TPSA) is 66.8 Å². The summed E-state index contributed by atoms with van der Waals surface area (Å²) in [4.78, 5) is 26.3. The van der Waals surface area contributed by atoms with Crippen LogP contribution in [0.15, 0.2) is 65.1 Å². The SMILES string of the molecule is CC(=O)CC1(O)C(=O)N(CCCOc2cccc3ccccc23)c2ccc(Br)cc21. The summed E-state index contributed by atoms with van der Waals surface area (Å²) in [5.41, 5.74) is -0.717. The zero-order valence-corrected chi connectivity index (χ0v) is 18.2. The Balaban J connectivity index is 1.48. The lowest BCUT2D eigenvalue weighted by Crippen LogP contribution is -2.42. The Morgan fingerprint density at radius 3 is 2.70 bits per heavy atom. The van der Waals surface area contributed by atoms with E-state index in [1.807, 2.05) is 48.5 Å². The minimum absolute atomic E-state index is 0.238. The highest BCUT2D eigenvalue weighted by Gasteiger charge is 2.50. The van der Waals surface area contributed by atoms with Crippen LogP contribution in [0.25, 0.3) is 10.8 Å². The fraction of sp³-hybridized carbons (Fsp3) is 0.250. The first kappa shape index (κ1) is 20.6. The molecule has 0 saturated carbocycles. The van der Waals surface area contributed by atoms with E-state index in [1.165, 1.54) is 6.92 Å². The number of benzene rings is 3. The minimum Gasteiger partial charge on any atom is -0.493 e. The summed E-state index contributed by atoms with van der Waals surface area (Å²) in [6.45, 7) is 2.19. The molecule has 0 saturated heterocycles. The molecule has 1 unspecified atom stereocenters. The third-order valence-electron chi connectivity index (χ3n) is 5.33. The van der Waals surface area contributed by atoms with Crippen LogP contribution >= 0.6 is 15.9 Å². The zero-order chi connectivity index (χ0) is 21.3. The van der Waals surface area contributed by atoms with Gasteiger partial charge in [0.25, 0.3) is 5.91 Å². The Bertz CT molecular complexity index is 1120. The van der Waals surface area contributed by atoms with Gasteiger partial charge in [-0.05, 0) is 43.0 Å². The third-order valence-corrected chi connectivity index (χ3v) is 5.83. The normalized spacial score (nSPS) is 18.0. The van der Waals surface area contributed by atoms with Crippen molar-refractivity contribution in [2.45, 2.75) is 25.4 Å². The maximum atomic E-state index is 13.0. The molecule has 1 amide bonds. The van der Waals surface area contributed by atoms with Gasteiger partial charge in [-0.1, -0.05) is 52.3 Å². The quantitative estimate of drug-likeness (QED) is 0.516. The number of halogens is 1. The van der Waals surface area contributed by atoms with Crippen LogP contribution in [0.4, 0.5) is 5.69 Å². The molecule has 0 radical (unpaired) electrons. The molecule has 154 valence electrons. The number of carbonyl (C=O) groups excluding carboxylic acids is 2. The highest BCUT2D eigenvalue weighted by atomic mass is 79.9. The molecule has 0 bridgehead atoms. The number of hydrogen-bond acceptors (Lipinski definition) is 4. The minimum atomic E-state index is -1.82. The zero-order valence-electron chi connectivity index (χ0n) is 16.6. The molecular weight excluding hydrogens is 446 g/mol. The van der Waals surface area contributed by atoms with Crippen LogP contribution in [0.2, 0.25) is 0 Å². The Kier molecular flexibility index (Phi) is 5.62. The second-order valence-electron chi connectivity index (χ2n) is 7.54. The predicted octanol–water partition coefficient (Wildman–Crippen LogP) is 4.58. The molecular formula is C24H22BrNO4. The van der Waals surface area contributed by atoms with Gasteiger partial charge in [-0.15, -0.1) is 0 Å². The van der Waals surface area contributed by atoms with E-state index in [2.05, 4.69) is 15.9 Å². The molecule has 0 spiro atoms. The summed E-state index contributed by atoms with van der Waals surface area (Å²) >= 11 is 3.39. The molecule has 4 rings (SSSR count). The van der Waals surface area contributed by atoms with Crippen molar-refractivity contribution in [2.24, 2.45) is 0 Å². The van der Waals surface area contributed by atoms with E-state index in [1.54, 1.807) is 17.0 Å². The van der Waals surface area contributed by atoms with E-state index in [0.717, 1.165) is 21.0 Å². The molecule has 1 heterocycles.